The quantitative estimate of drug-likeness (QED) is 0.811. The largest absolute Gasteiger partial charge is 0.479 e. The topological polar surface area (TPSA) is 61.8 Å². The van der Waals surface area contributed by atoms with E-state index in [1.165, 1.54) is 0 Å². The summed E-state index contributed by atoms with van der Waals surface area (Å²) < 4.78 is 5.50. The summed E-state index contributed by atoms with van der Waals surface area (Å²) in [4.78, 5) is 13.5. The lowest BCUT2D eigenvalue weighted by atomic mass is 10.1. The summed E-state index contributed by atoms with van der Waals surface area (Å²) >= 11 is 6.37. The maximum Gasteiger partial charge on any atom is 0.265 e. The third-order valence-corrected chi connectivity index (χ3v) is 3.64. The first-order valence-electron chi connectivity index (χ1n) is 6.56. The summed E-state index contributed by atoms with van der Waals surface area (Å²) in [5, 5.41) is 11.5. The number of likely N-dealkylation sites (N-methyl/N-ethyl adjacent to an activating group) is 1. The van der Waals surface area contributed by atoms with Crippen LogP contribution in [0.15, 0.2) is 18.2 Å². The molecule has 0 saturated carbocycles. The molecule has 0 spiro atoms. The zero-order valence-electron chi connectivity index (χ0n) is 11.6. The van der Waals surface area contributed by atoms with E-state index in [1.54, 1.807) is 6.92 Å². The summed E-state index contributed by atoms with van der Waals surface area (Å²) in [6.45, 7) is 3.00. The van der Waals surface area contributed by atoms with Gasteiger partial charge in [-0.25, -0.2) is 0 Å². The molecule has 0 bridgehead atoms. The van der Waals surface area contributed by atoms with Crippen molar-refractivity contribution < 1.29 is 14.6 Å². The fraction of sp³-hybridized carbons (Fsp3) is 0.500. The molecule has 1 amide bonds. The SMILES string of the molecule is CC1Oc2ccc(C(Cl)CN(C)CCO)cc2NC1=O. The molecule has 2 N–H and O–H groups in total. The zero-order valence-corrected chi connectivity index (χ0v) is 12.4. The number of hydrogen-bond acceptors (Lipinski definition) is 4. The van der Waals surface area contributed by atoms with Gasteiger partial charge in [-0.15, -0.1) is 11.6 Å². The molecule has 1 heterocycles. The molecular formula is C14H19ClN2O3. The minimum absolute atomic E-state index is 0.103. The van der Waals surface area contributed by atoms with Crippen LogP contribution in [0.4, 0.5) is 5.69 Å². The molecule has 1 aliphatic rings. The van der Waals surface area contributed by atoms with Crippen LogP contribution in [0.25, 0.3) is 0 Å². The van der Waals surface area contributed by atoms with Crippen LogP contribution in [0.5, 0.6) is 5.75 Å². The molecule has 20 heavy (non-hydrogen) atoms. The number of amides is 1. The van der Waals surface area contributed by atoms with Crippen LogP contribution in [-0.4, -0.2) is 48.8 Å². The van der Waals surface area contributed by atoms with Crippen molar-refractivity contribution in [3.8, 4) is 5.75 Å². The Hall–Kier alpha value is -1.30. The second kappa shape index (κ2) is 6.43. The number of nitrogens with one attached hydrogen (secondary N) is 1. The predicted octanol–water partition coefficient (Wildman–Crippen LogP) is 1.61. The Morgan fingerprint density at radius 2 is 2.30 bits per heavy atom. The van der Waals surface area contributed by atoms with Crippen LogP contribution >= 0.6 is 11.6 Å². The molecule has 1 aliphatic heterocycles. The number of aliphatic hydroxyl groups is 1. The van der Waals surface area contributed by atoms with E-state index >= 15 is 0 Å². The number of hydrogen-bond donors (Lipinski definition) is 2. The lowest BCUT2D eigenvalue weighted by Gasteiger charge is -2.25. The normalized spacial score (nSPS) is 19.2. The Kier molecular flexibility index (Phi) is 4.86. The number of fused-ring (bicyclic) bond motifs is 1. The summed E-state index contributed by atoms with van der Waals surface area (Å²) in [7, 11) is 1.90. The third kappa shape index (κ3) is 3.42. The molecule has 0 aromatic heterocycles. The van der Waals surface area contributed by atoms with E-state index in [9.17, 15) is 4.79 Å². The van der Waals surface area contributed by atoms with Gasteiger partial charge in [0.2, 0.25) is 0 Å². The molecule has 6 heteroatoms. The molecule has 0 saturated heterocycles. The number of halogens is 1. The number of rotatable bonds is 5. The van der Waals surface area contributed by atoms with E-state index < -0.39 is 6.10 Å². The molecule has 2 unspecified atom stereocenters. The number of aliphatic hydroxyl groups excluding tert-OH is 1. The average molecular weight is 299 g/mol. The highest BCUT2D eigenvalue weighted by atomic mass is 35.5. The van der Waals surface area contributed by atoms with Gasteiger partial charge in [0.05, 0.1) is 17.7 Å². The van der Waals surface area contributed by atoms with Crippen LogP contribution < -0.4 is 10.1 Å². The number of nitrogens with zero attached hydrogens (tertiary/aromatic N) is 1. The van der Waals surface area contributed by atoms with Gasteiger partial charge in [-0.2, -0.15) is 0 Å². The Labute approximate surface area is 123 Å². The van der Waals surface area contributed by atoms with Crippen molar-refractivity contribution in [3.05, 3.63) is 23.8 Å². The van der Waals surface area contributed by atoms with Gasteiger partial charge >= 0.3 is 0 Å². The monoisotopic (exact) mass is 298 g/mol. The highest BCUT2D eigenvalue weighted by molar-refractivity contribution is 6.21. The highest BCUT2D eigenvalue weighted by Gasteiger charge is 2.24. The molecule has 2 rings (SSSR count). The molecule has 0 aliphatic carbocycles. The van der Waals surface area contributed by atoms with E-state index in [4.69, 9.17) is 21.4 Å². The Balaban J connectivity index is 2.11. The lowest BCUT2D eigenvalue weighted by molar-refractivity contribution is -0.122. The predicted molar refractivity (Wildman–Crippen MR) is 78.3 cm³/mol. The van der Waals surface area contributed by atoms with Crippen LogP contribution in [0, 0.1) is 0 Å². The van der Waals surface area contributed by atoms with E-state index in [0.717, 1.165) is 5.56 Å². The number of carbonyl (C=O) groups excluding carboxylic acids is 1. The van der Waals surface area contributed by atoms with Crippen molar-refractivity contribution in [2.45, 2.75) is 18.4 Å². The molecule has 0 radical (unpaired) electrons. The molecule has 110 valence electrons. The summed E-state index contributed by atoms with van der Waals surface area (Å²) in [6, 6.07) is 5.55. The Morgan fingerprint density at radius 1 is 1.55 bits per heavy atom. The van der Waals surface area contributed by atoms with Crippen molar-refractivity contribution in [2.24, 2.45) is 0 Å². The second-order valence-electron chi connectivity index (χ2n) is 4.96. The third-order valence-electron chi connectivity index (χ3n) is 3.25. The summed E-state index contributed by atoms with van der Waals surface area (Å²) in [6.07, 6.45) is -0.476. The van der Waals surface area contributed by atoms with Gasteiger partial charge in [0.1, 0.15) is 5.75 Å². The number of anilines is 1. The minimum Gasteiger partial charge on any atom is -0.479 e. The minimum atomic E-state index is -0.476. The Bertz CT molecular complexity index is 495. The smallest absolute Gasteiger partial charge is 0.265 e. The molecule has 5 nitrogen and oxygen atoms in total. The molecule has 0 fully saturated rings. The average Bonchev–Trinajstić information content (AvgIpc) is 2.39. The molecular weight excluding hydrogens is 280 g/mol. The van der Waals surface area contributed by atoms with Crippen molar-refractivity contribution >= 4 is 23.2 Å². The fourth-order valence-corrected chi connectivity index (χ4v) is 2.43. The number of alkyl halides is 1. The number of carbonyl (C=O) groups is 1. The van der Waals surface area contributed by atoms with Gasteiger partial charge in [-0.1, -0.05) is 6.07 Å². The maximum absolute atomic E-state index is 11.6. The van der Waals surface area contributed by atoms with Gasteiger partial charge in [0, 0.05) is 13.1 Å². The van der Waals surface area contributed by atoms with Crippen LogP contribution in [-0.2, 0) is 4.79 Å². The van der Waals surface area contributed by atoms with Gasteiger partial charge in [0.25, 0.3) is 5.91 Å². The highest BCUT2D eigenvalue weighted by Crippen LogP contribution is 2.33. The standard InChI is InChI=1S/C14H19ClN2O3/c1-9-14(19)16-12-7-10(3-4-13(12)20-9)11(15)8-17(2)5-6-18/h3-4,7,9,11,18H,5-6,8H2,1-2H3,(H,16,19). The van der Waals surface area contributed by atoms with E-state index in [0.29, 0.717) is 24.5 Å². The molecule has 1 aromatic carbocycles. The van der Waals surface area contributed by atoms with Gasteiger partial charge < -0.3 is 20.1 Å². The summed E-state index contributed by atoms with van der Waals surface area (Å²) in [5.74, 6) is 0.506. The first-order valence-corrected chi connectivity index (χ1v) is 7.00. The van der Waals surface area contributed by atoms with Gasteiger partial charge in [-0.3, -0.25) is 4.79 Å². The number of benzene rings is 1. The molecule has 1 aromatic rings. The zero-order chi connectivity index (χ0) is 14.7. The van der Waals surface area contributed by atoms with Crippen LogP contribution in [0.1, 0.15) is 17.9 Å². The van der Waals surface area contributed by atoms with Crippen LogP contribution in [0.3, 0.4) is 0 Å². The van der Waals surface area contributed by atoms with Crippen molar-refractivity contribution in [2.75, 3.05) is 32.1 Å². The fourth-order valence-electron chi connectivity index (χ4n) is 2.06. The lowest BCUT2D eigenvalue weighted by Crippen LogP contribution is -2.34. The summed E-state index contributed by atoms with van der Waals surface area (Å²) in [5.41, 5.74) is 1.56. The maximum atomic E-state index is 11.6. The van der Waals surface area contributed by atoms with Gasteiger partial charge in [-0.05, 0) is 31.7 Å². The Morgan fingerprint density at radius 3 is 3.00 bits per heavy atom. The second-order valence-corrected chi connectivity index (χ2v) is 5.49. The first-order chi connectivity index (χ1) is 9.51. The first kappa shape index (κ1) is 15.1. The molecule has 2 atom stereocenters. The van der Waals surface area contributed by atoms with Crippen LogP contribution in [0.2, 0.25) is 0 Å². The van der Waals surface area contributed by atoms with E-state index in [-0.39, 0.29) is 17.9 Å². The number of ether oxygens (including phenoxy) is 1. The van der Waals surface area contributed by atoms with Crippen molar-refractivity contribution in [3.63, 3.8) is 0 Å². The van der Waals surface area contributed by atoms with Crippen molar-refractivity contribution in [1.82, 2.24) is 4.90 Å². The van der Waals surface area contributed by atoms with E-state index in [2.05, 4.69) is 5.32 Å². The van der Waals surface area contributed by atoms with Crippen molar-refractivity contribution in [1.29, 1.82) is 0 Å². The van der Waals surface area contributed by atoms with Gasteiger partial charge in [0.15, 0.2) is 6.10 Å². The van der Waals surface area contributed by atoms with E-state index in [1.807, 2.05) is 30.1 Å².